The van der Waals surface area contributed by atoms with Gasteiger partial charge in [0.25, 0.3) is 11.1 Å². The minimum absolute atomic E-state index is 0.236. The number of fused-ring (bicyclic) bond motifs is 1. The Morgan fingerprint density at radius 2 is 1.79 bits per heavy atom. The average molecular weight is 525 g/mol. The molecule has 8 heteroatoms. The third-order valence-electron chi connectivity index (χ3n) is 5.70. The number of nitrogens with zero attached hydrogens (tertiary/aromatic N) is 2. The molecule has 0 aliphatic carbocycles. The summed E-state index contributed by atoms with van der Waals surface area (Å²) in [6.45, 7) is 5.33. The molecule has 3 aromatic rings. The van der Waals surface area contributed by atoms with Crippen LogP contribution in [-0.2, 0) is 11.3 Å². The number of aromatic nitrogens is 1. The zero-order valence-electron chi connectivity index (χ0n) is 18.1. The van der Waals surface area contributed by atoms with Crippen molar-refractivity contribution in [3.8, 4) is 17.2 Å². The minimum Gasteiger partial charge on any atom is -0.486 e. The van der Waals surface area contributed by atoms with Gasteiger partial charge >= 0.3 is 0 Å². The van der Waals surface area contributed by atoms with E-state index in [2.05, 4.69) is 20.5 Å². The van der Waals surface area contributed by atoms with Gasteiger partial charge in [0, 0.05) is 27.6 Å². The largest absolute Gasteiger partial charge is 0.486 e. The molecule has 2 aliphatic heterocycles. The molecule has 33 heavy (non-hydrogen) atoms. The Labute approximate surface area is 204 Å². The predicted molar refractivity (Wildman–Crippen MR) is 132 cm³/mol. The highest BCUT2D eigenvalue weighted by atomic mass is 79.9. The number of hydrogen-bond donors (Lipinski definition) is 0. The van der Waals surface area contributed by atoms with Crippen molar-refractivity contribution in [2.75, 3.05) is 13.2 Å². The Morgan fingerprint density at radius 1 is 1.03 bits per heavy atom. The predicted octanol–water partition coefficient (Wildman–Crippen LogP) is 5.86. The summed E-state index contributed by atoms with van der Waals surface area (Å²) in [5.74, 6) is 1.19. The van der Waals surface area contributed by atoms with E-state index in [0.29, 0.717) is 18.1 Å². The lowest BCUT2D eigenvalue weighted by molar-refractivity contribution is -0.123. The van der Waals surface area contributed by atoms with Crippen LogP contribution in [0.15, 0.2) is 57.9 Å². The van der Waals surface area contributed by atoms with E-state index in [-0.39, 0.29) is 17.7 Å². The molecule has 3 heterocycles. The molecular formula is C25H21BrN2O4S. The average Bonchev–Trinajstić information content (AvgIpc) is 3.24. The Bertz CT molecular complexity index is 1310. The van der Waals surface area contributed by atoms with Crippen molar-refractivity contribution >= 4 is 44.9 Å². The summed E-state index contributed by atoms with van der Waals surface area (Å²) in [6.07, 6.45) is 1.81. The van der Waals surface area contributed by atoms with E-state index in [9.17, 15) is 9.59 Å². The number of amides is 2. The fourth-order valence-corrected chi connectivity index (χ4v) is 5.32. The molecule has 168 valence electrons. The molecule has 2 amide bonds. The van der Waals surface area contributed by atoms with Gasteiger partial charge in [0.2, 0.25) is 0 Å². The van der Waals surface area contributed by atoms with Crippen LogP contribution in [0.2, 0.25) is 0 Å². The van der Waals surface area contributed by atoms with Crippen molar-refractivity contribution in [3.05, 3.63) is 80.4 Å². The molecule has 1 aromatic heterocycles. The van der Waals surface area contributed by atoms with Crippen LogP contribution in [0.25, 0.3) is 11.8 Å². The first-order valence-corrected chi connectivity index (χ1v) is 12.1. The van der Waals surface area contributed by atoms with E-state index >= 15 is 0 Å². The van der Waals surface area contributed by atoms with Crippen molar-refractivity contribution in [1.29, 1.82) is 0 Å². The van der Waals surface area contributed by atoms with Crippen molar-refractivity contribution in [2.24, 2.45) is 0 Å². The van der Waals surface area contributed by atoms with Gasteiger partial charge in [-0.15, -0.1) is 0 Å². The van der Waals surface area contributed by atoms with Gasteiger partial charge in [0.15, 0.2) is 11.5 Å². The maximum atomic E-state index is 13.0. The summed E-state index contributed by atoms with van der Waals surface area (Å²) in [6, 6.07) is 15.5. The summed E-state index contributed by atoms with van der Waals surface area (Å²) in [5.41, 5.74) is 4.73. The van der Waals surface area contributed by atoms with E-state index in [1.807, 2.05) is 68.5 Å². The molecule has 1 saturated heterocycles. The number of ether oxygens (including phenoxy) is 2. The lowest BCUT2D eigenvalue weighted by Crippen LogP contribution is -2.27. The topological polar surface area (TPSA) is 60.8 Å². The Balaban J connectivity index is 1.44. The first-order chi connectivity index (χ1) is 15.9. The zero-order valence-corrected chi connectivity index (χ0v) is 20.5. The highest BCUT2D eigenvalue weighted by Gasteiger charge is 2.35. The number of rotatable bonds is 4. The van der Waals surface area contributed by atoms with E-state index in [0.717, 1.165) is 55.9 Å². The Morgan fingerprint density at radius 3 is 2.58 bits per heavy atom. The third-order valence-corrected chi connectivity index (χ3v) is 7.38. The maximum Gasteiger partial charge on any atom is 0.293 e. The summed E-state index contributed by atoms with van der Waals surface area (Å²) in [4.78, 5) is 27.3. The fourth-order valence-electron chi connectivity index (χ4n) is 4.08. The van der Waals surface area contributed by atoms with Crippen LogP contribution in [-0.4, -0.2) is 33.8 Å². The maximum absolute atomic E-state index is 13.0. The Kier molecular flexibility index (Phi) is 5.80. The quantitative estimate of drug-likeness (QED) is 0.399. The molecule has 0 spiro atoms. The summed E-state index contributed by atoms with van der Waals surface area (Å²) in [5, 5.41) is -0.261. The van der Waals surface area contributed by atoms with Crippen molar-refractivity contribution in [2.45, 2.75) is 20.4 Å². The molecule has 2 aliphatic rings. The van der Waals surface area contributed by atoms with Gasteiger partial charge in [-0.05, 0) is 67.1 Å². The smallest absolute Gasteiger partial charge is 0.293 e. The lowest BCUT2D eigenvalue weighted by atomic mass is 10.2. The minimum atomic E-state index is -0.273. The van der Waals surface area contributed by atoms with Gasteiger partial charge in [-0.1, -0.05) is 34.1 Å². The van der Waals surface area contributed by atoms with Crippen LogP contribution in [0.3, 0.4) is 0 Å². The first kappa shape index (κ1) is 21.9. The van der Waals surface area contributed by atoms with Crippen molar-refractivity contribution in [1.82, 2.24) is 9.47 Å². The summed E-state index contributed by atoms with van der Waals surface area (Å²) < 4.78 is 14.3. The molecule has 0 N–H and O–H groups in total. The Hall–Kier alpha value is -2.97. The number of imide groups is 1. The number of halogens is 1. The van der Waals surface area contributed by atoms with Gasteiger partial charge < -0.3 is 14.0 Å². The third kappa shape index (κ3) is 4.09. The second-order valence-corrected chi connectivity index (χ2v) is 9.70. The standard InChI is InChI=1S/C25H21BrN2O4S/c1-15-11-18(16(2)28(15)19-7-8-21-22(13-19)32-10-9-31-21)12-23-24(29)27(25(30)33-23)14-17-5-3-4-6-20(17)26/h3-8,11-13H,9-10,14H2,1-2H3/b23-12-. The highest BCUT2D eigenvalue weighted by molar-refractivity contribution is 9.10. The van der Waals surface area contributed by atoms with Gasteiger partial charge in [-0.2, -0.15) is 0 Å². The lowest BCUT2D eigenvalue weighted by Gasteiger charge is -2.20. The van der Waals surface area contributed by atoms with Gasteiger partial charge in [0.1, 0.15) is 13.2 Å². The molecule has 2 aromatic carbocycles. The van der Waals surface area contributed by atoms with Gasteiger partial charge in [0.05, 0.1) is 11.4 Å². The van der Waals surface area contributed by atoms with E-state index in [1.54, 1.807) is 0 Å². The SMILES string of the molecule is Cc1cc(/C=C2\SC(=O)N(Cc3ccccc3Br)C2=O)c(C)n1-c1ccc2c(c1)OCCO2. The molecule has 0 atom stereocenters. The molecule has 0 bridgehead atoms. The molecular weight excluding hydrogens is 504 g/mol. The van der Waals surface area contributed by atoms with Crippen LogP contribution in [0.1, 0.15) is 22.5 Å². The van der Waals surface area contributed by atoms with Gasteiger partial charge in [-0.3, -0.25) is 14.5 Å². The number of benzene rings is 2. The molecule has 0 saturated carbocycles. The van der Waals surface area contributed by atoms with E-state index < -0.39 is 0 Å². The molecule has 0 radical (unpaired) electrons. The van der Waals surface area contributed by atoms with E-state index in [4.69, 9.17) is 9.47 Å². The van der Waals surface area contributed by atoms with Crippen LogP contribution >= 0.6 is 27.7 Å². The second-order valence-electron chi connectivity index (χ2n) is 7.85. The van der Waals surface area contributed by atoms with E-state index in [1.165, 1.54) is 4.90 Å². The van der Waals surface area contributed by atoms with Crippen molar-refractivity contribution < 1.29 is 19.1 Å². The molecule has 5 rings (SSSR count). The second kappa shape index (κ2) is 8.76. The zero-order chi connectivity index (χ0) is 23.1. The number of thioether (sulfide) groups is 1. The highest BCUT2D eigenvalue weighted by Crippen LogP contribution is 2.37. The number of carbonyl (C=O) groups excluding carboxylic acids is 2. The number of hydrogen-bond acceptors (Lipinski definition) is 5. The molecule has 0 unspecified atom stereocenters. The van der Waals surface area contributed by atoms with Crippen LogP contribution in [0, 0.1) is 13.8 Å². The van der Waals surface area contributed by atoms with Gasteiger partial charge in [-0.25, -0.2) is 0 Å². The normalized spacial score (nSPS) is 16.7. The number of aryl methyl sites for hydroxylation is 1. The molecule has 6 nitrogen and oxygen atoms in total. The van der Waals surface area contributed by atoms with Crippen molar-refractivity contribution in [3.63, 3.8) is 0 Å². The van der Waals surface area contributed by atoms with Crippen LogP contribution < -0.4 is 9.47 Å². The molecule has 1 fully saturated rings. The monoisotopic (exact) mass is 524 g/mol. The van der Waals surface area contributed by atoms with Crippen LogP contribution in [0.5, 0.6) is 11.5 Å². The first-order valence-electron chi connectivity index (χ1n) is 10.5. The van der Waals surface area contributed by atoms with Crippen LogP contribution in [0.4, 0.5) is 4.79 Å². The summed E-state index contributed by atoms with van der Waals surface area (Å²) >= 11 is 4.46. The summed E-state index contributed by atoms with van der Waals surface area (Å²) in [7, 11) is 0. The fraction of sp³-hybridized carbons (Fsp3) is 0.200. The number of carbonyl (C=O) groups is 2.